The van der Waals surface area contributed by atoms with Crippen molar-refractivity contribution in [2.24, 2.45) is 0 Å². The second-order valence-electron chi connectivity index (χ2n) is 4.55. The topological polar surface area (TPSA) is 79.2 Å². The molecule has 0 heterocycles. The van der Waals surface area contributed by atoms with Gasteiger partial charge in [-0.15, -0.1) is 0 Å². The third-order valence-electron chi connectivity index (χ3n) is 2.39. The molecule has 1 amide bonds. The first-order valence-electron chi connectivity index (χ1n) is 6.20. The van der Waals surface area contributed by atoms with E-state index >= 15 is 0 Å². The van der Waals surface area contributed by atoms with Crippen molar-refractivity contribution in [2.75, 3.05) is 11.9 Å². The second kappa shape index (κ2) is 8.12. The molecule has 0 spiro atoms. The normalized spacial score (nSPS) is 9.43. The molecule has 1 N–H and O–H groups in total. The van der Waals surface area contributed by atoms with Crippen LogP contribution >= 0.6 is 11.8 Å². The number of nitrogens with one attached hydrogen (secondary N) is 1. The molecule has 1 rings (SSSR count). The van der Waals surface area contributed by atoms with Crippen molar-refractivity contribution in [3.8, 4) is 5.40 Å². The number of hydrogen-bond donors (Lipinski definition) is 1. The van der Waals surface area contributed by atoms with Crippen LogP contribution in [0.4, 0.5) is 5.69 Å². The van der Waals surface area contributed by atoms with Crippen LogP contribution in [0.3, 0.4) is 0 Å². The Kier molecular flexibility index (Phi) is 6.50. The molecule has 110 valence electrons. The summed E-state index contributed by atoms with van der Waals surface area (Å²) in [5.74, 6) is -0.947. The molecular formula is C15H16N2O3S. The minimum absolute atomic E-state index is 0.337. The van der Waals surface area contributed by atoms with E-state index in [2.05, 4.69) is 5.32 Å². The van der Waals surface area contributed by atoms with Gasteiger partial charge in [0.15, 0.2) is 6.61 Å². The third-order valence-corrected chi connectivity index (χ3v) is 2.97. The van der Waals surface area contributed by atoms with E-state index in [9.17, 15) is 9.59 Å². The monoisotopic (exact) mass is 304 g/mol. The Morgan fingerprint density at radius 1 is 1.43 bits per heavy atom. The molecule has 0 fully saturated rings. The summed E-state index contributed by atoms with van der Waals surface area (Å²) >= 11 is 1.05. The Hall–Kier alpha value is -2.26. The number of hydrogen-bond acceptors (Lipinski definition) is 5. The van der Waals surface area contributed by atoms with Crippen molar-refractivity contribution in [1.82, 2.24) is 0 Å². The highest BCUT2D eigenvalue weighted by atomic mass is 32.2. The van der Waals surface area contributed by atoms with Gasteiger partial charge in [0.25, 0.3) is 5.91 Å². The Bertz CT molecular complexity index is 614. The number of amides is 1. The van der Waals surface area contributed by atoms with Gasteiger partial charge in [0.2, 0.25) is 0 Å². The van der Waals surface area contributed by atoms with E-state index in [1.807, 2.05) is 12.3 Å². The third kappa shape index (κ3) is 6.15. The molecular weight excluding hydrogens is 288 g/mol. The predicted molar refractivity (Wildman–Crippen MR) is 81.7 cm³/mol. The van der Waals surface area contributed by atoms with Gasteiger partial charge in [-0.2, -0.15) is 5.26 Å². The van der Waals surface area contributed by atoms with Crippen LogP contribution in [0, 0.1) is 17.6 Å². The lowest BCUT2D eigenvalue weighted by Crippen LogP contribution is -2.20. The van der Waals surface area contributed by atoms with Gasteiger partial charge in [-0.1, -0.05) is 5.57 Å². The minimum atomic E-state index is -0.539. The van der Waals surface area contributed by atoms with E-state index in [1.54, 1.807) is 32.0 Å². The van der Waals surface area contributed by atoms with Crippen LogP contribution in [-0.4, -0.2) is 18.5 Å². The van der Waals surface area contributed by atoms with E-state index in [-0.39, 0.29) is 6.61 Å². The van der Waals surface area contributed by atoms with Crippen LogP contribution < -0.4 is 5.32 Å². The molecule has 0 saturated carbocycles. The number of thioether (sulfide) groups is 1. The number of thiocyanates is 1. The zero-order chi connectivity index (χ0) is 15.8. The zero-order valence-corrected chi connectivity index (χ0v) is 12.9. The highest BCUT2D eigenvalue weighted by molar-refractivity contribution is 8.03. The van der Waals surface area contributed by atoms with E-state index in [0.717, 1.165) is 27.8 Å². The van der Waals surface area contributed by atoms with Gasteiger partial charge < -0.3 is 10.1 Å². The molecule has 0 saturated heterocycles. The molecule has 0 radical (unpaired) electrons. The maximum absolute atomic E-state index is 11.7. The van der Waals surface area contributed by atoms with Crippen LogP contribution in [0.15, 0.2) is 34.7 Å². The number of ether oxygens (including phenoxy) is 1. The Labute approximate surface area is 128 Å². The van der Waals surface area contributed by atoms with Crippen molar-refractivity contribution >= 4 is 29.3 Å². The number of esters is 1. The molecule has 0 aromatic heterocycles. The van der Waals surface area contributed by atoms with Gasteiger partial charge in [0.1, 0.15) is 5.40 Å². The molecule has 0 unspecified atom stereocenters. The average molecular weight is 304 g/mol. The highest BCUT2D eigenvalue weighted by Crippen LogP contribution is 2.23. The van der Waals surface area contributed by atoms with Gasteiger partial charge >= 0.3 is 5.97 Å². The maximum Gasteiger partial charge on any atom is 0.331 e. The van der Waals surface area contributed by atoms with Gasteiger partial charge in [0, 0.05) is 16.7 Å². The molecule has 1 aromatic rings. The Morgan fingerprint density at radius 2 is 2.14 bits per heavy atom. The van der Waals surface area contributed by atoms with Crippen molar-refractivity contribution in [1.29, 1.82) is 5.26 Å². The molecule has 0 aliphatic carbocycles. The SMILES string of the molecule is CC(C)=CC(=O)OCC(=O)Nc1ccc(SC#N)cc1C. The number of aryl methyl sites for hydroxylation is 1. The number of rotatable bonds is 5. The zero-order valence-electron chi connectivity index (χ0n) is 12.1. The predicted octanol–water partition coefficient (Wildman–Crippen LogP) is 3.02. The lowest BCUT2D eigenvalue weighted by Gasteiger charge is -2.09. The number of carbonyl (C=O) groups excluding carboxylic acids is 2. The molecule has 0 aliphatic rings. The fourth-order valence-corrected chi connectivity index (χ4v) is 1.97. The maximum atomic E-state index is 11.7. The van der Waals surface area contributed by atoms with E-state index in [0.29, 0.717) is 5.69 Å². The van der Waals surface area contributed by atoms with Crippen LogP contribution in [0.2, 0.25) is 0 Å². The molecule has 1 aromatic carbocycles. The van der Waals surface area contributed by atoms with Gasteiger partial charge in [-0.25, -0.2) is 4.79 Å². The quantitative estimate of drug-likeness (QED) is 0.391. The summed E-state index contributed by atoms with van der Waals surface area (Å²) < 4.78 is 4.81. The van der Waals surface area contributed by atoms with E-state index in [1.165, 1.54) is 6.08 Å². The Balaban J connectivity index is 2.57. The first kappa shape index (κ1) is 16.8. The molecule has 0 aliphatic heterocycles. The van der Waals surface area contributed by atoms with Crippen LogP contribution in [-0.2, 0) is 14.3 Å². The smallest absolute Gasteiger partial charge is 0.331 e. The minimum Gasteiger partial charge on any atom is -0.452 e. The van der Waals surface area contributed by atoms with Crippen LogP contribution in [0.25, 0.3) is 0 Å². The summed E-state index contributed by atoms with van der Waals surface area (Å²) in [5.41, 5.74) is 2.27. The molecule has 0 atom stereocenters. The first-order valence-corrected chi connectivity index (χ1v) is 7.02. The van der Waals surface area contributed by atoms with Crippen molar-refractivity contribution in [3.05, 3.63) is 35.4 Å². The summed E-state index contributed by atoms with van der Waals surface area (Å²) in [7, 11) is 0. The largest absolute Gasteiger partial charge is 0.452 e. The van der Waals surface area contributed by atoms with Gasteiger partial charge in [-0.3, -0.25) is 4.79 Å². The van der Waals surface area contributed by atoms with Crippen molar-refractivity contribution in [2.45, 2.75) is 25.7 Å². The Morgan fingerprint density at radius 3 is 2.71 bits per heavy atom. The standard InChI is InChI=1S/C15H16N2O3S/c1-10(2)6-15(19)20-8-14(18)17-13-5-4-12(21-9-16)7-11(13)3/h4-7H,8H2,1-3H3,(H,17,18). The van der Waals surface area contributed by atoms with Crippen molar-refractivity contribution in [3.63, 3.8) is 0 Å². The second-order valence-corrected chi connectivity index (χ2v) is 5.41. The first-order chi connectivity index (χ1) is 9.92. The summed E-state index contributed by atoms with van der Waals surface area (Å²) in [6.07, 6.45) is 1.33. The average Bonchev–Trinajstić information content (AvgIpc) is 2.39. The van der Waals surface area contributed by atoms with E-state index < -0.39 is 11.9 Å². The van der Waals surface area contributed by atoms with Crippen LogP contribution in [0.1, 0.15) is 19.4 Å². The fourth-order valence-electron chi connectivity index (χ4n) is 1.49. The number of carbonyl (C=O) groups is 2. The molecule has 5 nitrogen and oxygen atoms in total. The number of anilines is 1. The molecule has 21 heavy (non-hydrogen) atoms. The lowest BCUT2D eigenvalue weighted by molar-refractivity contribution is -0.142. The summed E-state index contributed by atoms with van der Waals surface area (Å²) in [6, 6.07) is 5.26. The number of benzene rings is 1. The summed E-state index contributed by atoms with van der Waals surface area (Å²) in [4.78, 5) is 23.8. The number of allylic oxidation sites excluding steroid dienone is 1. The molecule has 0 bridgehead atoms. The fraction of sp³-hybridized carbons (Fsp3) is 0.267. The van der Waals surface area contributed by atoms with Gasteiger partial charge in [0.05, 0.1) is 0 Å². The lowest BCUT2D eigenvalue weighted by atomic mass is 10.2. The number of nitrogens with zero attached hydrogens (tertiary/aromatic N) is 1. The number of nitriles is 1. The molecule has 6 heteroatoms. The van der Waals surface area contributed by atoms with Crippen LogP contribution in [0.5, 0.6) is 0 Å². The summed E-state index contributed by atoms with van der Waals surface area (Å²) in [6.45, 7) is 5.03. The van der Waals surface area contributed by atoms with Crippen molar-refractivity contribution < 1.29 is 14.3 Å². The summed E-state index contributed by atoms with van der Waals surface area (Å²) in [5, 5.41) is 13.2. The van der Waals surface area contributed by atoms with E-state index in [4.69, 9.17) is 10.00 Å². The van der Waals surface area contributed by atoms with Gasteiger partial charge in [-0.05, 0) is 56.3 Å². The highest BCUT2D eigenvalue weighted by Gasteiger charge is 2.08.